The Hall–Kier alpha value is -2.08. The van der Waals surface area contributed by atoms with Crippen LogP contribution in [0.3, 0.4) is 0 Å². The molecule has 0 saturated carbocycles. The lowest BCUT2D eigenvalue weighted by Gasteiger charge is -2.28. The number of nitrogens with one attached hydrogen (secondary N) is 3. The molecule has 2 atom stereocenters. The molecule has 2 aromatic carbocycles. The maximum atomic E-state index is 12.9. The zero-order valence-corrected chi connectivity index (χ0v) is 18.8. The van der Waals surface area contributed by atoms with Crippen LogP contribution in [0.1, 0.15) is 43.4 Å². The van der Waals surface area contributed by atoms with Crippen LogP contribution in [0.4, 0.5) is 0 Å². The lowest BCUT2D eigenvalue weighted by molar-refractivity contribution is -0.122. The Kier molecular flexibility index (Phi) is 9.15. The van der Waals surface area contributed by atoms with E-state index in [0.29, 0.717) is 18.3 Å². The summed E-state index contributed by atoms with van der Waals surface area (Å²) >= 11 is 0. The van der Waals surface area contributed by atoms with Gasteiger partial charge in [0.15, 0.2) is 0 Å². The van der Waals surface area contributed by atoms with E-state index in [1.807, 2.05) is 24.3 Å². The highest BCUT2D eigenvalue weighted by Crippen LogP contribution is 2.27. The summed E-state index contributed by atoms with van der Waals surface area (Å²) in [5.41, 5.74) is 4.06. The minimum atomic E-state index is -0.165. The molecule has 2 unspecified atom stereocenters. The average molecular weight is 449 g/mol. The van der Waals surface area contributed by atoms with Gasteiger partial charge >= 0.3 is 0 Å². The van der Waals surface area contributed by atoms with Gasteiger partial charge in [0.05, 0.1) is 23.4 Å². The van der Waals surface area contributed by atoms with E-state index >= 15 is 0 Å². The van der Waals surface area contributed by atoms with Crippen molar-refractivity contribution in [2.24, 2.45) is 11.8 Å². The third kappa shape index (κ3) is 5.75. The number of hydrogen-bond donors (Lipinski definition) is 3. The average Bonchev–Trinajstić information content (AvgIpc) is 3.21. The highest BCUT2D eigenvalue weighted by molar-refractivity contribution is 5.85. The Morgan fingerprint density at radius 2 is 1.83 bits per heavy atom. The van der Waals surface area contributed by atoms with Gasteiger partial charge in [0.1, 0.15) is 0 Å². The van der Waals surface area contributed by atoms with E-state index in [2.05, 4.69) is 51.8 Å². The van der Waals surface area contributed by atoms with Gasteiger partial charge in [-0.25, -0.2) is 4.98 Å². The number of hydrogen-bond acceptors (Lipinski definition) is 3. The first-order valence-electron chi connectivity index (χ1n) is 10.2. The molecular weight excluding hydrogens is 419 g/mol. The number of carbonyl (C=O) groups excluding carboxylic acids is 1. The first-order valence-corrected chi connectivity index (χ1v) is 10.2. The van der Waals surface area contributed by atoms with Crippen LogP contribution >= 0.6 is 24.8 Å². The van der Waals surface area contributed by atoms with Crippen LogP contribution in [0.25, 0.3) is 11.0 Å². The molecule has 2 heterocycles. The minimum Gasteiger partial charge on any atom is -0.345 e. The molecule has 0 spiro atoms. The smallest absolute Gasteiger partial charge is 0.221 e. The van der Waals surface area contributed by atoms with Gasteiger partial charge in [-0.1, -0.05) is 43.3 Å². The Morgan fingerprint density at radius 1 is 1.10 bits per heavy atom. The molecule has 1 aliphatic rings. The maximum absolute atomic E-state index is 12.9. The summed E-state index contributed by atoms with van der Waals surface area (Å²) in [6.45, 7) is 4.34. The summed E-state index contributed by atoms with van der Waals surface area (Å²) in [7, 11) is 0. The van der Waals surface area contributed by atoms with Crippen molar-refractivity contribution >= 4 is 41.8 Å². The van der Waals surface area contributed by atoms with Crippen molar-refractivity contribution in [1.29, 1.82) is 0 Å². The molecule has 5 nitrogen and oxygen atoms in total. The van der Waals surface area contributed by atoms with Gasteiger partial charge in [0.25, 0.3) is 0 Å². The number of halogens is 2. The number of imidazole rings is 1. The number of rotatable bonds is 6. The van der Waals surface area contributed by atoms with Gasteiger partial charge in [-0.05, 0) is 61.0 Å². The number of benzene rings is 2. The van der Waals surface area contributed by atoms with E-state index in [0.717, 1.165) is 48.1 Å². The van der Waals surface area contributed by atoms with Crippen LogP contribution in [-0.4, -0.2) is 29.0 Å². The number of aromatic amines is 1. The molecule has 1 amide bonds. The van der Waals surface area contributed by atoms with Crippen LogP contribution in [0.2, 0.25) is 0 Å². The number of piperidine rings is 1. The highest BCUT2D eigenvalue weighted by atomic mass is 35.5. The van der Waals surface area contributed by atoms with E-state index in [-0.39, 0.29) is 36.8 Å². The van der Waals surface area contributed by atoms with E-state index in [1.54, 1.807) is 6.33 Å². The highest BCUT2D eigenvalue weighted by Gasteiger charge is 2.24. The Morgan fingerprint density at radius 3 is 2.57 bits per heavy atom. The standard InChI is InChI=1S/C23H28N4O.2ClH/c1-16(17-9-11-24-12-10-17)13-22(28)27-23(18-5-3-2-4-6-18)19-7-8-20-21(14-19)26-15-25-20;;/h2-8,14-17,23-24H,9-13H2,1H3,(H,25,26)(H,27,28);2*1H. The van der Waals surface area contributed by atoms with Gasteiger partial charge in [0, 0.05) is 6.42 Å². The van der Waals surface area contributed by atoms with Crippen LogP contribution in [-0.2, 0) is 4.79 Å². The molecule has 0 bridgehead atoms. The topological polar surface area (TPSA) is 69.8 Å². The molecule has 0 radical (unpaired) electrons. The number of nitrogens with zero attached hydrogens (tertiary/aromatic N) is 1. The predicted octanol–water partition coefficient (Wildman–Crippen LogP) is 4.64. The molecule has 1 saturated heterocycles. The third-order valence-corrected chi connectivity index (χ3v) is 5.91. The Labute approximate surface area is 190 Å². The molecule has 3 N–H and O–H groups in total. The molecular formula is C23H30Cl2N4O. The van der Waals surface area contributed by atoms with Crippen LogP contribution in [0.15, 0.2) is 54.9 Å². The van der Waals surface area contributed by atoms with E-state index in [1.165, 1.54) is 0 Å². The molecule has 162 valence electrons. The molecule has 30 heavy (non-hydrogen) atoms. The zero-order chi connectivity index (χ0) is 19.3. The maximum Gasteiger partial charge on any atom is 0.221 e. The summed E-state index contributed by atoms with van der Waals surface area (Å²) in [6, 6.07) is 16.1. The van der Waals surface area contributed by atoms with Gasteiger partial charge in [-0.3, -0.25) is 4.79 Å². The minimum absolute atomic E-state index is 0. The molecule has 7 heteroatoms. The van der Waals surface area contributed by atoms with Crippen molar-refractivity contribution in [3.63, 3.8) is 0 Å². The second-order valence-corrected chi connectivity index (χ2v) is 7.86. The largest absolute Gasteiger partial charge is 0.345 e. The van der Waals surface area contributed by atoms with Crippen LogP contribution in [0, 0.1) is 11.8 Å². The molecule has 1 aliphatic heterocycles. The third-order valence-electron chi connectivity index (χ3n) is 5.91. The summed E-state index contributed by atoms with van der Waals surface area (Å²) < 4.78 is 0. The van der Waals surface area contributed by atoms with E-state index < -0.39 is 0 Å². The van der Waals surface area contributed by atoms with Gasteiger partial charge in [-0.2, -0.15) is 0 Å². The van der Waals surface area contributed by atoms with Crippen molar-refractivity contribution in [3.8, 4) is 0 Å². The monoisotopic (exact) mass is 448 g/mol. The van der Waals surface area contributed by atoms with E-state index in [9.17, 15) is 4.79 Å². The summed E-state index contributed by atoms with van der Waals surface area (Å²) in [4.78, 5) is 20.4. The van der Waals surface area contributed by atoms with Crippen molar-refractivity contribution in [2.75, 3.05) is 13.1 Å². The lowest BCUT2D eigenvalue weighted by atomic mass is 9.84. The molecule has 0 aliphatic carbocycles. The van der Waals surface area contributed by atoms with Crippen molar-refractivity contribution in [3.05, 3.63) is 66.0 Å². The molecule has 3 aromatic rings. The number of H-pyrrole nitrogens is 1. The Balaban J connectivity index is 0.00000160. The Bertz CT molecular complexity index is 925. The first-order chi connectivity index (χ1) is 13.7. The molecule has 1 aromatic heterocycles. The lowest BCUT2D eigenvalue weighted by Crippen LogP contribution is -2.35. The predicted molar refractivity (Wildman–Crippen MR) is 126 cm³/mol. The van der Waals surface area contributed by atoms with Gasteiger partial charge < -0.3 is 15.6 Å². The normalized spacial score (nSPS) is 16.2. The SMILES string of the molecule is CC(CC(=O)NC(c1ccccc1)c1ccc2nc[nH]c2c1)C1CCNCC1.Cl.Cl. The fourth-order valence-electron chi connectivity index (χ4n) is 4.23. The second-order valence-electron chi connectivity index (χ2n) is 7.86. The fraction of sp³-hybridized carbons (Fsp3) is 0.391. The van der Waals surface area contributed by atoms with Gasteiger partial charge in [-0.15, -0.1) is 24.8 Å². The van der Waals surface area contributed by atoms with Crippen molar-refractivity contribution < 1.29 is 4.79 Å². The number of aromatic nitrogens is 2. The van der Waals surface area contributed by atoms with Crippen molar-refractivity contribution in [2.45, 2.75) is 32.2 Å². The molecule has 1 fully saturated rings. The van der Waals surface area contributed by atoms with Crippen LogP contribution in [0.5, 0.6) is 0 Å². The van der Waals surface area contributed by atoms with Crippen LogP contribution < -0.4 is 10.6 Å². The number of carbonyl (C=O) groups is 1. The number of fused-ring (bicyclic) bond motifs is 1. The fourth-order valence-corrected chi connectivity index (χ4v) is 4.23. The summed E-state index contributed by atoms with van der Waals surface area (Å²) in [5, 5.41) is 6.69. The zero-order valence-electron chi connectivity index (χ0n) is 17.1. The quantitative estimate of drug-likeness (QED) is 0.514. The second kappa shape index (κ2) is 11.3. The molecule has 4 rings (SSSR count). The first kappa shape index (κ1) is 24.2. The summed E-state index contributed by atoms with van der Waals surface area (Å²) in [5.74, 6) is 1.14. The van der Waals surface area contributed by atoms with E-state index in [4.69, 9.17) is 0 Å². The summed E-state index contributed by atoms with van der Waals surface area (Å²) in [6.07, 6.45) is 4.59. The number of amides is 1. The van der Waals surface area contributed by atoms with Gasteiger partial charge in [0.2, 0.25) is 5.91 Å². The van der Waals surface area contributed by atoms with Crippen molar-refractivity contribution in [1.82, 2.24) is 20.6 Å².